The van der Waals surface area contributed by atoms with Gasteiger partial charge in [0, 0.05) is 40.7 Å². The first kappa shape index (κ1) is 15.7. The number of nitrogens with zero attached hydrogens (tertiary/aromatic N) is 1. The summed E-state index contributed by atoms with van der Waals surface area (Å²) in [4.78, 5) is 18.5. The summed E-state index contributed by atoms with van der Waals surface area (Å²) in [6.45, 7) is 8.61. The molecule has 0 unspecified atom stereocenters. The van der Waals surface area contributed by atoms with E-state index in [0.717, 1.165) is 29.6 Å². The average molecular weight is 325 g/mol. The minimum Gasteiger partial charge on any atom is -0.358 e. The number of hydrogen-bond donors (Lipinski definition) is 2. The van der Waals surface area contributed by atoms with Crippen LogP contribution in [0.5, 0.6) is 0 Å². The van der Waals surface area contributed by atoms with Crippen molar-refractivity contribution in [2.45, 2.75) is 39.5 Å². The first-order valence-corrected chi connectivity index (χ1v) is 9.16. The van der Waals surface area contributed by atoms with E-state index in [1.807, 2.05) is 18.2 Å². The normalized spacial score (nSPS) is 19.8. The molecule has 2 aromatic rings. The summed E-state index contributed by atoms with van der Waals surface area (Å²) < 4.78 is 0. The minimum atomic E-state index is 0.0582. The van der Waals surface area contributed by atoms with Gasteiger partial charge in [0.2, 0.25) is 0 Å². The fourth-order valence-corrected chi connectivity index (χ4v) is 3.95. The number of rotatable bonds is 5. The van der Waals surface area contributed by atoms with Gasteiger partial charge in [0.05, 0.1) is 0 Å². The number of aryl methyl sites for hydroxylation is 2. The van der Waals surface area contributed by atoms with Gasteiger partial charge in [0.25, 0.3) is 5.91 Å². The molecular weight excluding hydrogens is 298 g/mol. The lowest BCUT2D eigenvalue weighted by molar-refractivity contribution is 0.0940. The Balaban J connectivity index is 1.41. The molecule has 4 rings (SSSR count). The lowest BCUT2D eigenvalue weighted by Gasteiger charge is -2.23. The molecule has 0 atom stereocenters. The van der Waals surface area contributed by atoms with Crippen LogP contribution in [0.4, 0.5) is 0 Å². The van der Waals surface area contributed by atoms with Crippen molar-refractivity contribution in [3.63, 3.8) is 0 Å². The van der Waals surface area contributed by atoms with E-state index in [2.05, 4.69) is 29.0 Å². The Bertz CT molecular complexity index is 767. The fraction of sp³-hybridized carbons (Fsp3) is 0.550. The third-order valence-electron chi connectivity index (χ3n) is 5.91. The van der Waals surface area contributed by atoms with E-state index in [-0.39, 0.29) is 5.91 Å². The zero-order valence-corrected chi connectivity index (χ0v) is 14.7. The third kappa shape index (κ3) is 2.95. The van der Waals surface area contributed by atoms with Crippen LogP contribution in [0.15, 0.2) is 18.2 Å². The van der Waals surface area contributed by atoms with Crippen LogP contribution in [0.3, 0.4) is 0 Å². The van der Waals surface area contributed by atoms with E-state index in [1.54, 1.807) is 0 Å². The van der Waals surface area contributed by atoms with E-state index in [4.69, 9.17) is 0 Å². The largest absolute Gasteiger partial charge is 0.358 e. The molecule has 0 radical (unpaired) electrons. The van der Waals surface area contributed by atoms with Crippen LogP contribution in [0, 0.1) is 19.3 Å². The highest BCUT2D eigenvalue weighted by molar-refractivity contribution is 5.99. The van der Waals surface area contributed by atoms with Crippen molar-refractivity contribution in [1.82, 2.24) is 15.2 Å². The third-order valence-corrected chi connectivity index (χ3v) is 5.91. The van der Waals surface area contributed by atoms with Crippen LogP contribution < -0.4 is 5.32 Å². The van der Waals surface area contributed by atoms with Crippen molar-refractivity contribution < 1.29 is 4.79 Å². The Morgan fingerprint density at radius 3 is 2.71 bits per heavy atom. The number of fused-ring (bicyclic) bond motifs is 1. The Labute approximate surface area is 143 Å². The number of benzene rings is 1. The lowest BCUT2D eigenvalue weighted by atomic mass is 10.1. The van der Waals surface area contributed by atoms with Gasteiger partial charge >= 0.3 is 0 Å². The Morgan fingerprint density at radius 1 is 1.25 bits per heavy atom. The van der Waals surface area contributed by atoms with Crippen LogP contribution in [-0.4, -0.2) is 42.0 Å². The van der Waals surface area contributed by atoms with Gasteiger partial charge in [-0.25, -0.2) is 0 Å². The minimum absolute atomic E-state index is 0.0582. The average Bonchev–Trinajstić information content (AvgIpc) is 3.02. The quantitative estimate of drug-likeness (QED) is 0.885. The maximum Gasteiger partial charge on any atom is 0.251 e. The van der Waals surface area contributed by atoms with E-state index in [1.165, 1.54) is 50.0 Å². The highest BCUT2D eigenvalue weighted by atomic mass is 16.1. The van der Waals surface area contributed by atoms with Gasteiger partial charge in [0.15, 0.2) is 0 Å². The number of amides is 1. The molecule has 2 aliphatic rings. The summed E-state index contributed by atoms with van der Waals surface area (Å²) in [5, 5.41) is 4.34. The number of likely N-dealkylation sites (tertiary alicyclic amines) is 1. The smallest absolute Gasteiger partial charge is 0.251 e. The van der Waals surface area contributed by atoms with Gasteiger partial charge < -0.3 is 15.2 Å². The molecule has 128 valence electrons. The second-order valence-corrected chi connectivity index (χ2v) is 7.80. The summed E-state index contributed by atoms with van der Waals surface area (Å²) in [5.74, 6) is 0.0582. The molecule has 1 aromatic heterocycles. The predicted octanol–water partition coefficient (Wildman–Crippen LogP) is 3.39. The van der Waals surface area contributed by atoms with Gasteiger partial charge in [0.1, 0.15) is 0 Å². The molecular formula is C20H27N3O. The van der Waals surface area contributed by atoms with Crippen LogP contribution in [-0.2, 0) is 0 Å². The zero-order valence-electron chi connectivity index (χ0n) is 14.7. The molecule has 0 spiro atoms. The Morgan fingerprint density at radius 2 is 2.00 bits per heavy atom. The van der Waals surface area contributed by atoms with Gasteiger partial charge in [-0.3, -0.25) is 4.79 Å². The van der Waals surface area contributed by atoms with Crippen molar-refractivity contribution >= 4 is 16.8 Å². The molecule has 4 heteroatoms. The molecule has 1 amide bonds. The maximum atomic E-state index is 12.6. The van der Waals surface area contributed by atoms with E-state index < -0.39 is 0 Å². The highest BCUT2D eigenvalue weighted by Gasteiger charge is 2.44. The van der Waals surface area contributed by atoms with Crippen molar-refractivity contribution in [3.8, 4) is 0 Å². The van der Waals surface area contributed by atoms with Crippen molar-refractivity contribution in [3.05, 3.63) is 35.0 Å². The molecule has 24 heavy (non-hydrogen) atoms. The van der Waals surface area contributed by atoms with Crippen molar-refractivity contribution in [1.29, 1.82) is 0 Å². The Hall–Kier alpha value is -1.81. The van der Waals surface area contributed by atoms with E-state index >= 15 is 0 Å². The van der Waals surface area contributed by atoms with Crippen LogP contribution in [0.25, 0.3) is 10.9 Å². The van der Waals surface area contributed by atoms with Crippen LogP contribution in [0.1, 0.15) is 47.3 Å². The van der Waals surface area contributed by atoms with Gasteiger partial charge in [-0.05, 0) is 76.4 Å². The summed E-state index contributed by atoms with van der Waals surface area (Å²) in [5.41, 5.74) is 4.61. The monoisotopic (exact) mass is 325 g/mol. The first-order valence-electron chi connectivity index (χ1n) is 9.16. The SMILES string of the molecule is Cc1[nH]c2ccc(C(=O)NCC3(CN4CCCC4)CC3)cc2c1C. The molecule has 2 heterocycles. The Kier molecular flexibility index (Phi) is 3.87. The van der Waals surface area contributed by atoms with Crippen molar-refractivity contribution in [2.75, 3.05) is 26.2 Å². The van der Waals surface area contributed by atoms with Gasteiger partial charge in [-0.1, -0.05) is 0 Å². The molecule has 1 aromatic carbocycles. The molecule has 0 bridgehead atoms. The molecule has 1 saturated carbocycles. The molecule has 4 nitrogen and oxygen atoms in total. The molecule has 2 fully saturated rings. The molecule has 1 saturated heterocycles. The topological polar surface area (TPSA) is 48.1 Å². The zero-order chi connectivity index (χ0) is 16.7. The highest BCUT2D eigenvalue weighted by Crippen LogP contribution is 2.46. The molecule has 1 aliphatic heterocycles. The maximum absolute atomic E-state index is 12.6. The number of H-pyrrole nitrogens is 1. The summed E-state index contributed by atoms with van der Waals surface area (Å²) in [6.07, 6.45) is 5.16. The van der Waals surface area contributed by atoms with Crippen LogP contribution >= 0.6 is 0 Å². The van der Waals surface area contributed by atoms with E-state index in [0.29, 0.717) is 5.41 Å². The summed E-state index contributed by atoms with van der Waals surface area (Å²) in [7, 11) is 0. The lowest BCUT2D eigenvalue weighted by Crippen LogP contribution is -2.37. The van der Waals surface area contributed by atoms with Crippen molar-refractivity contribution in [2.24, 2.45) is 5.41 Å². The number of aromatic amines is 1. The van der Waals surface area contributed by atoms with Gasteiger partial charge in [-0.2, -0.15) is 0 Å². The second kappa shape index (κ2) is 5.92. The number of hydrogen-bond acceptors (Lipinski definition) is 2. The fourth-order valence-electron chi connectivity index (χ4n) is 3.95. The van der Waals surface area contributed by atoms with Crippen LogP contribution in [0.2, 0.25) is 0 Å². The van der Waals surface area contributed by atoms with Gasteiger partial charge in [-0.15, -0.1) is 0 Å². The number of carbonyl (C=O) groups excluding carboxylic acids is 1. The summed E-state index contributed by atoms with van der Waals surface area (Å²) in [6, 6.07) is 5.96. The first-order chi connectivity index (χ1) is 11.6. The number of carbonyl (C=O) groups is 1. The summed E-state index contributed by atoms with van der Waals surface area (Å²) >= 11 is 0. The predicted molar refractivity (Wildman–Crippen MR) is 97.4 cm³/mol. The van der Waals surface area contributed by atoms with E-state index in [9.17, 15) is 4.79 Å². The molecule has 2 N–H and O–H groups in total. The standard InChI is InChI=1S/C20H27N3O/c1-14-15(2)22-18-6-5-16(11-17(14)18)19(24)21-12-20(7-8-20)13-23-9-3-4-10-23/h5-6,11,22H,3-4,7-10,12-13H2,1-2H3,(H,21,24). The number of aromatic nitrogens is 1. The second-order valence-electron chi connectivity index (χ2n) is 7.80. The number of nitrogens with one attached hydrogen (secondary N) is 2. The molecule has 1 aliphatic carbocycles.